The smallest absolute Gasteiger partial charge is 0.226 e. The number of benzene rings is 2. The number of amides is 1. The Kier molecular flexibility index (Phi) is 4.68. The van der Waals surface area contributed by atoms with Crippen molar-refractivity contribution in [3.63, 3.8) is 0 Å². The maximum atomic E-state index is 12.0. The van der Waals surface area contributed by atoms with Gasteiger partial charge in [0.2, 0.25) is 11.8 Å². The van der Waals surface area contributed by atoms with Gasteiger partial charge in [0.1, 0.15) is 6.26 Å². The van der Waals surface area contributed by atoms with E-state index in [1.807, 2.05) is 36.4 Å². The fourth-order valence-corrected chi connectivity index (χ4v) is 2.28. The predicted molar refractivity (Wildman–Crippen MR) is 88.6 cm³/mol. The minimum absolute atomic E-state index is 0.147. The van der Waals surface area contributed by atoms with E-state index in [0.717, 1.165) is 11.1 Å². The molecule has 0 radical (unpaired) electrons. The Morgan fingerprint density at radius 2 is 2.00 bits per heavy atom. The molecular formula is C19H15N3O2. The summed E-state index contributed by atoms with van der Waals surface area (Å²) < 4.78 is 5.42. The molecule has 1 amide bonds. The molecule has 2 aromatic carbocycles. The lowest BCUT2D eigenvalue weighted by Gasteiger charge is -2.04. The van der Waals surface area contributed by atoms with Crippen LogP contribution in [0.1, 0.15) is 16.8 Å². The number of nitriles is 1. The highest BCUT2D eigenvalue weighted by molar-refractivity contribution is 5.78. The molecule has 0 aliphatic carbocycles. The molecule has 3 aromatic rings. The zero-order valence-corrected chi connectivity index (χ0v) is 12.9. The average molecular weight is 317 g/mol. The fraction of sp³-hybridized carbons (Fsp3) is 0.105. The number of nitrogens with zero attached hydrogens (tertiary/aromatic N) is 2. The summed E-state index contributed by atoms with van der Waals surface area (Å²) >= 11 is 0. The number of nitrogens with one attached hydrogen (secondary N) is 1. The summed E-state index contributed by atoms with van der Waals surface area (Å²) in [5.74, 6) is 0.352. The highest BCUT2D eigenvalue weighted by atomic mass is 16.3. The number of oxazole rings is 1. The lowest BCUT2D eigenvalue weighted by Crippen LogP contribution is -2.24. The van der Waals surface area contributed by atoms with Crippen molar-refractivity contribution in [3.8, 4) is 17.5 Å². The van der Waals surface area contributed by atoms with Gasteiger partial charge >= 0.3 is 0 Å². The lowest BCUT2D eigenvalue weighted by molar-refractivity contribution is -0.120. The molecule has 1 aromatic heterocycles. The van der Waals surface area contributed by atoms with Crippen molar-refractivity contribution in [2.45, 2.75) is 13.0 Å². The van der Waals surface area contributed by atoms with Crippen molar-refractivity contribution < 1.29 is 9.21 Å². The summed E-state index contributed by atoms with van der Waals surface area (Å²) in [7, 11) is 0. The van der Waals surface area contributed by atoms with Gasteiger partial charge in [-0.2, -0.15) is 5.26 Å². The van der Waals surface area contributed by atoms with Crippen LogP contribution in [0.2, 0.25) is 0 Å². The molecule has 0 bridgehead atoms. The van der Waals surface area contributed by atoms with Crippen LogP contribution >= 0.6 is 0 Å². The Balaban J connectivity index is 1.57. The molecular weight excluding hydrogens is 302 g/mol. The Labute approximate surface area is 139 Å². The molecule has 24 heavy (non-hydrogen) atoms. The van der Waals surface area contributed by atoms with Gasteiger partial charge in [-0.1, -0.05) is 30.3 Å². The van der Waals surface area contributed by atoms with Crippen LogP contribution in [0, 0.1) is 11.3 Å². The van der Waals surface area contributed by atoms with E-state index in [4.69, 9.17) is 9.68 Å². The average Bonchev–Trinajstić information content (AvgIpc) is 3.09. The van der Waals surface area contributed by atoms with Gasteiger partial charge in [0.25, 0.3) is 0 Å². The second-order valence-corrected chi connectivity index (χ2v) is 5.28. The highest BCUT2D eigenvalue weighted by Crippen LogP contribution is 2.18. The highest BCUT2D eigenvalue weighted by Gasteiger charge is 2.10. The van der Waals surface area contributed by atoms with Gasteiger partial charge in [0.05, 0.1) is 23.7 Å². The van der Waals surface area contributed by atoms with Crippen LogP contribution in [-0.4, -0.2) is 10.9 Å². The molecule has 0 unspecified atom stereocenters. The first-order valence-corrected chi connectivity index (χ1v) is 7.50. The summed E-state index contributed by atoms with van der Waals surface area (Å²) in [6.07, 6.45) is 1.65. The standard InChI is InChI=1S/C19H15N3O2/c20-11-14-5-4-6-15(9-14)12-21-18(23)10-17-13-24-19(22-17)16-7-2-1-3-8-16/h1-9,13H,10,12H2,(H,21,23). The molecule has 0 atom stereocenters. The number of rotatable bonds is 5. The third kappa shape index (κ3) is 3.87. The summed E-state index contributed by atoms with van der Waals surface area (Å²) in [6, 6.07) is 18.7. The normalized spacial score (nSPS) is 10.1. The number of hydrogen-bond acceptors (Lipinski definition) is 4. The monoisotopic (exact) mass is 317 g/mol. The largest absolute Gasteiger partial charge is 0.444 e. The summed E-state index contributed by atoms with van der Waals surface area (Å²) in [5, 5.41) is 11.7. The second-order valence-electron chi connectivity index (χ2n) is 5.28. The molecule has 1 N–H and O–H groups in total. The quantitative estimate of drug-likeness (QED) is 0.784. The number of aromatic nitrogens is 1. The molecule has 3 rings (SSSR count). The van der Waals surface area contributed by atoms with E-state index >= 15 is 0 Å². The maximum absolute atomic E-state index is 12.0. The van der Waals surface area contributed by atoms with Crippen molar-refractivity contribution in [3.05, 3.63) is 77.7 Å². The number of carbonyl (C=O) groups excluding carboxylic acids is 1. The van der Waals surface area contributed by atoms with Crippen molar-refractivity contribution >= 4 is 5.91 Å². The first-order chi connectivity index (χ1) is 11.7. The molecule has 0 spiro atoms. The van der Waals surface area contributed by atoms with E-state index in [1.54, 1.807) is 18.2 Å². The summed E-state index contributed by atoms with van der Waals surface area (Å²) in [5.41, 5.74) is 2.91. The number of hydrogen-bond donors (Lipinski definition) is 1. The van der Waals surface area contributed by atoms with Crippen LogP contribution in [0.25, 0.3) is 11.5 Å². The van der Waals surface area contributed by atoms with Gasteiger partial charge in [-0.3, -0.25) is 4.79 Å². The van der Waals surface area contributed by atoms with Crippen LogP contribution < -0.4 is 5.32 Å². The molecule has 5 nitrogen and oxygen atoms in total. The Morgan fingerprint density at radius 1 is 1.17 bits per heavy atom. The van der Waals surface area contributed by atoms with E-state index in [2.05, 4.69) is 16.4 Å². The molecule has 0 aliphatic heterocycles. The van der Waals surface area contributed by atoms with Gasteiger partial charge in [0.15, 0.2) is 0 Å². The number of carbonyl (C=O) groups is 1. The molecule has 0 aliphatic rings. The van der Waals surface area contributed by atoms with Gasteiger partial charge in [-0.05, 0) is 29.8 Å². The SMILES string of the molecule is N#Cc1cccc(CNC(=O)Cc2coc(-c3ccccc3)n2)c1. The van der Waals surface area contributed by atoms with Crippen LogP contribution in [-0.2, 0) is 17.8 Å². The summed E-state index contributed by atoms with van der Waals surface area (Å²) in [4.78, 5) is 16.4. The fourth-order valence-electron chi connectivity index (χ4n) is 2.28. The summed E-state index contributed by atoms with van der Waals surface area (Å²) in [6.45, 7) is 0.373. The third-order valence-corrected chi connectivity index (χ3v) is 3.46. The molecule has 118 valence electrons. The van der Waals surface area contributed by atoms with Gasteiger partial charge in [-0.15, -0.1) is 0 Å². The van der Waals surface area contributed by atoms with Gasteiger partial charge in [0, 0.05) is 12.1 Å². The molecule has 1 heterocycles. The maximum Gasteiger partial charge on any atom is 0.226 e. The third-order valence-electron chi connectivity index (χ3n) is 3.46. The molecule has 0 saturated carbocycles. The van der Waals surface area contributed by atoms with Crippen LogP contribution in [0.3, 0.4) is 0 Å². The zero-order chi connectivity index (χ0) is 16.8. The first-order valence-electron chi connectivity index (χ1n) is 7.50. The second kappa shape index (κ2) is 7.25. The van der Waals surface area contributed by atoms with Crippen molar-refractivity contribution in [1.29, 1.82) is 5.26 Å². The first kappa shape index (κ1) is 15.5. The van der Waals surface area contributed by atoms with Crippen LogP contribution in [0.5, 0.6) is 0 Å². The Bertz CT molecular complexity index is 879. The topological polar surface area (TPSA) is 78.9 Å². The van der Waals surface area contributed by atoms with E-state index in [1.165, 1.54) is 6.26 Å². The minimum atomic E-state index is -0.148. The van der Waals surface area contributed by atoms with Crippen molar-refractivity contribution in [2.75, 3.05) is 0 Å². The molecule has 0 saturated heterocycles. The molecule has 0 fully saturated rings. The van der Waals surface area contributed by atoms with Crippen LogP contribution in [0.4, 0.5) is 0 Å². The lowest BCUT2D eigenvalue weighted by atomic mass is 10.1. The van der Waals surface area contributed by atoms with Gasteiger partial charge < -0.3 is 9.73 Å². The Morgan fingerprint density at radius 3 is 2.79 bits per heavy atom. The zero-order valence-electron chi connectivity index (χ0n) is 12.9. The van der Waals surface area contributed by atoms with E-state index in [0.29, 0.717) is 23.7 Å². The van der Waals surface area contributed by atoms with E-state index < -0.39 is 0 Å². The van der Waals surface area contributed by atoms with E-state index in [-0.39, 0.29) is 12.3 Å². The Hall–Kier alpha value is -3.39. The van der Waals surface area contributed by atoms with Crippen molar-refractivity contribution in [2.24, 2.45) is 0 Å². The van der Waals surface area contributed by atoms with E-state index in [9.17, 15) is 4.79 Å². The minimum Gasteiger partial charge on any atom is -0.444 e. The molecule has 5 heteroatoms. The van der Waals surface area contributed by atoms with Crippen molar-refractivity contribution in [1.82, 2.24) is 10.3 Å². The predicted octanol–water partition coefficient (Wildman–Crippen LogP) is 3.07. The van der Waals surface area contributed by atoms with Gasteiger partial charge in [-0.25, -0.2) is 4.98 Å². The van der Waals surface area contributed by atoms with Crippen LogP contribution in [0.15, 0.2) is 65.3 Å².